The molecule has 4 aliphatic heterocycles. The summed E-state index contributed by atoms with van der Waals surface area (Å²) in [5.74, 6) is 0.635. The van der Waals surface area contributed by atoms with Crippen molar-refractivity contribution in [3.63, 3.8) is 0 Å². The van der Waals surface area contributed by atoms with E-state index in [1.54, 1.807) is 82.6 Å². The molecule has 4 amide bonds. The molecular formula is C59H59Cl2F6N5O5. The monoisotopic (exact) mass is 1100 g/mol. The van der Waals surface area contributed by atoms with E-state index in [-0.39, 0.29) is 48.5 Å². The van der Waals surface area contributed by atoms with Crippen LogP contribution in [0.3, 0.4) is 0 Å². The molecule has 77 heavy (non-hydrogen) atoms. The molecule has 2 atom stereocenters. The smallest absolute Gasteiger partial charge is 0.338 e. The Morgan fingerprint density at radius 3 is 1.26 bits per heavy atom. The van der Waals surface area contributed by atoms with Gasteiger partial charge in [-0.15, -0.1) is 23.2 Å². The average Bonchev–Trinajstić information content (AvgIpc) is 4.11. The number of carbonyl (C=O) groups excluding carboxylic acids is 4. The van der Waals surface area contributed by atoms with Crippen LogP contribution in [0.25, 0.3) is 22.3 Å². The van der Waals surface area contributed by atoms with Crippen LogP contribution in [0.2, 0.25) is 0 Å². The van der Waals surface area contributed by atoms with Gasteiger partial charge >= 0.3 is 12.4 Å². The second kappa shape index (κ2) is 25.6. The zero-order chi connectivity index (χ0) is 54.1. The highest BCUT2D eigenvalue weighted by Gasteiger charge is 2.41. The van der Waals surface area contributed by atoms with Crippen LogP contribution < -0.4 is 0 Å². The van der Waals surface area contributed by atoms with Gasteiger partial charge in [0.1, 0.15) is 0 Å². The van der Waals surface area contributed by atoms with Gasteiger partial charge in [-0.3, -0.25) is 19.2 Å². The van der Waals surface area contributed by atoms with E-state index in [1.807, 2.05) is 58.3 Å². The molecule has 0 bridgehead atoms. The van der Waals surface area contributed by atoms with Gasteiger partial charge in [0, 0.05) is 74.6 Å². The summed E-state index contributed by atoms with van der Waals surface area (Å²) in [6, 6.07) is 41.4. The molecule has 1 N–H and O–H groups in total. The molecule has 4 heterocycles. The molecular weight excluding hydrogens is 1040 g/mol. The van der Waals surface area contributed by atoms with Gasteiger partial charge in [-0.05, 0) is 126 Å². The van der Waals surface area contributed by atoms with E-state index < -0.39 is 23.5 Å². The van der Waals surface area contributed by atoms with Crippen molar-refractivity contribution in [3.05, 3.63) is 191 Å². The number of hydrogen-bond donors (Lipinski definition) is 1. The summed E-state index contributed by atoms with van der Waals surface area (Å²) in [7, 11) is 0. The van der Waals surface area contributed by atoms with Gasteiger partial charge in [0.2, 0.25) is 0 Å². The molecule has 4 saturated heterocycles. The highest BCUT2D eigenvalue weighted by atomic mass is 35.5. The molecule has 0 saturated carbocycles. The van der Waals surface area contributed by atoms with Crippen molar-refractivity contribution in [2.75, 3.05) is 57.7 Å². The quantitative estimate of drug-likeness (QED) is 0.0832. The van der Waals surface area contributed by atoms with Crippen molar-refractivity contribution < 1.29 is 50.7 Å². The van der Waals surface area contributed by atoms with Crippen molar-refractivity contribution in [2.45, 2.75) is 51.1 Å². The first-order chi connectivity index (χ1) is 36.4. The number of hydrogen-bond acceptors (Lipinski definition) is 6. The maximum atomic E-state index is 13.0. The van der Waals surface area contributed by atoms with Gasteiger partial charge in [0.15, 0.2) is 0 Å². The van der Waals surface area contributed by atoms with E-state index in [9.17, 15) is 50.7 Å². The zero-order valence-electron chi connectivity index (χ0n) is 41.1. The molecule has 406 valence electrons. The third-order valence-electron chi connectivity index (χ3n) is 14.2. The summed E-state index contributed by atoms with van der Waals surface area (Å²) < 4.78 is 78.0. The van der Waals surface area contributed by atoms with Crippen molar-refractivity contribution in [2.24, 2.45) is 11.8 Å². The minimum Gasteiger partial charge on any atom is -0.338 e. The number of carbonyl (C=O) groups is 4. The van der Waals surface area contributed by atoms with Crippen LogP contribution in [0.15, 0.2) is 158 Å². The lowest BCUT2D eigenvalue weighted by Crippen LogP contribution is -2.62. The number of likely N-dealkylation sites (tertiary alicyclic amines) is 4. The molecule has 0 radical (unpaired) electrons. The van der Waals surface area contributed by atoms with E-state index in [0.717, 1.165) is 55.8 Å². The predicted octanol–water partition coefficient (Wildman–Crippen LogP) is 12.9. The van der Waals surface area contributed by atoms with Crippen molar-refractivity contribution >= 4 is 46.8 Å². The van der Waals surface area contributed by atoms with Gasteiger partial charge in [0.25, 0.3) is 23.6 Å². The van der Waals surface area contributed by atoms with Gasteiger partial charge < -0.3 is 24.8 Å². The largest absolute Gasteiger partial charge is 0.416 e. The minimum atomic E-state index is -4.42. The van der Waals surface area contributed by atoms with E-state index in [0.29, 0.717) is 96.5 Å². The molecule has 6 aromatic carbocycles. The third kappa shape index (κ3) is 14.5. The Labute approximate surface area is 454 Å². The Morgan fingerprint density at radius 1 is 0.455 bits per heavy atom. The molecule has 6 aromatic rings. The lowest BCUT2D eigenvalue weighted by Gasteiger charge is -2.44. The second-order valence-electron chi connectivity index (χ2n) is 19.3. The van der Waals surface area contributed by atoms with Crippen LogP contribution in [0.4, 0.5) is 26.3 Å². The number of nitrogens with zero attached hydrogens (tertiary/aromatic N) is 5. The van der Waals surface area contributed by atoms with E-state index in [2.05, 4.69) is 0 Å². The first kappa shape index (κ1) is 58.0. The molecule has 4 fully saturated rings. The van der Waals surface area contributed by atoms with Gasteiger partial charge in [-0.2, -0.15) is 31.4 Å². The molecule has 10 nitrogen and oxygen atoms in total. The van der Waals surface area contributed by atoms with Gasteiger partial charge in [-0.1, -0.05) is 92.4 Å². The summed E-state index contributed by atoms with van der Waals surface area (Å²) in [6.07, 6.45) is -6.18. The topological polar surface area (TPSA) is 105 Å². The molecule has 0 unspecified atom stereocenters. The number of amides is 4. The normalized spacial score (nSPS) is 17.5. The lowest BCUT2D eigenvalue weighted by atomic mass is 9.87. The molecule has 0 aromatic heterocycles. The fourth-order valence-electron chi connectivity index (χ4n) is 10.0. The Balaban J connectivity index is 0.000000210. The van der Waals surface area contributed by atoms with E-state index in [1.165, 1.54) is 17.2 Å². The highest BCUT2D eigenvalue weighted by Crippen LogP contribution is 2.35. The summed E-state index contributed by atoms with van der Waals surface area (Å²) in [4.78, 5) is 58.1. The molecule has 10 rings (SSSR count). The van der Waals surface area contributed by atoms with Crippen molar-refractivity contribution in [1.82, 2.24) is 24.7 Å². The number of rotatable bonds is 10. The fraction of sp³-hybridized carbons (Fsp3) is 0.322. The lowest BCUT2D eigenvalue weighted by molar-refractivity contribution is -0.182. The Kier molecular flexibility index (Phi) is 19.3. The van der Waals surface area contributed by atoms with Gasteiger partial charge in [0.05, 0.1) is 28.5 Å². The summed E-state index contributed by atoms with van der Waals surface area (Å²) >= 11 is 9.53. The third-order valence-corrected chi connectivity index (χ3v) is 14.2. The van der Waals surface area contributed by atoms with Crippen molar-refractivity contribution in [3.8, 4) is 22.3 Å². The summed E-state index contributed by atoms with van der Waals surface area (Å²) in [5.41, 5.74) is 2.99. The average molecular weight is 1100 g/mol. The Morgan fingerprint density at radius 2 is 0.818 bits per heavy atom. The zero-order valence-corrected chi connectivity index (χ0v) is 42.7. The van der Waals surface area contributed by atoms with Crippen LogP contribution in [0.5, 0.6) is 0 Å². The van der Waals surface area contributed by atoms with Crippen LogP contribution in [0.1, 0.15) is 79.2 Å². The highest BCUT2D eigenvalue weighted by molar-refractivity contribution is 6.40. The second-order valence-corrected chi connectivity index (χ2v) is 20.1. The Bertz CT molecular complexity index is 2940. The maximum Gasteiger partial charge on any atom is 0.416 e. The summed E-state index contributed by atoms with van der Waals surface area (Å²) in [6.45, 7) is 4.60. The number of halogens is 8. The van der Waals surface area contributed by atoms with Crippen LogP contribution in [-0.4, -0.2) is 123 Å². The van der Waals surface area contributed by atoms with Crippen LogP contribution in [-0.2, 0) is 12.4 Å². The number of benzene rings is 6. The molecule has 18 heteroatoms. The molecule has 4 aliphatic rings. The number of hydroxylamine groups is 2. The van der Waals surface area contributed by atoms with Crippen LogP contribution >= 0.6 is 23.2 Å². The molecule has 0 spiro atoms. The summed E-state index contributed by atoms with van der Waals surface area (Å²) in [5, 5.41) is 12.2. The SMILES string of the molecule is C.ClCCl.O=C(c1ccc(-c2cccc(C(F)(F)F)c2)cc1)N1CC(C[C@H]2CCN(C(=O)c3ccccc3)C2)C1.O=C(c1ccc(-c2cccc(C(F)(F)F)c2)cc1)N1CC(N(O)[C@H]2CCN(C(=O)c3ccccc3)C2)C1. The standard InChI is InChI=1S/C29H27F3N2O2.C28H26F3N3O3.CH2Cl2.CH4/c30-29(31,32)26-8-4-7-25(16-26)22-9-11-24(12-10-22)28(36)34-18-21(19-34)15-20-13-14-33(17-20)27(35)23-5-2-1-3-6-23;29-28(30,31)23-8-4-7-22(15-23)19-9-11-21(12-10-19)27(36)33-17-25(18-33)34(37)24-13-14-32(16-24)26(35)20-5-2-1-3-6-20;2-1-3;/h1-12,16,20-21H,13-15,17-19H2;1-12,15,24-25,37H,13-14,16-18H2;1H2;1H4/t20-;24-;;/m10../s1. The van der Waals surface area contributed by atoms with E-state index >= 15 is 0 Å². The van der Waals surface area contributed by atoms with Gasteiger partial charge in [-0.25, -0.2) is 0 Å². The minimum absolute atomic E-state index is 0. The Hall–Kier alpha value is -6.72. The first-order valence-electron chi connectivity index (χ1n) is 24.8. The first-order valence-corrected chi connectivity index (χ1v) is 25.9. The van der Waals surface area contributed by atoms with E-state index in [4.69, 9.17) is 23.2 Å². The van der Waals surface area contributed by atoms with Crippen LogP contribution in [0, 0.1) is 11.8 Å². The predicted molar refractivity (Wildman–Crippen MR) is 286 cm³/mol. The number of alkyl halides is 8. The molecule has 0 aliphatic carbocycles. The maximum absolute atomic E-state index is 13.0. The fourth-order valence-corrected chi connectivity index (χ4v) is 10.0. The van der Waals surface area contributed by atoms with Crippen molar-refractivity contribution in [1.29, 1.82) is 0 Å².